The molecule has 112 valence electrons. The minimum absolute atomic E-state index is 0.0396. The molecule has 21 heavy (non-hydrogen) atoms. The lowest BCUT2D eigenvalue weighted by Crippen LogP contribution is -2.41. The summed E-state index contributed by atoms with van der Waals surface area (Å²) in [5.41, 5.74) is 6.62. The van der Waals surface area contributed by atoms with Crippen LogP contribution >= 0.6 is 0 Å². The second-order valence-electron chi connectivity index (χ2n) is 5.06. The summed E-state index contributed by atoms with van der Waals surface area (Å²) in [5.74, 6) is 5.09. The maximum Gasteiger partial charge on any atom is 0.237 e. The van der Waals surface area contributed by atoms with Crippen LogP contribution in [0.2, 0.25) is 0 Å². The van der Waals surface area contributed by atoms with Gasteiger partial charge in [-0.15, -0.1) is 0 Å². The van der Waals surface area contributed by atoms with Crippen molar-refractivity contribution in [2.75, 3.05) is 20.1 Å². The molecule has 4 nitrogen and oxygen atoms in total. The molecule has 0 saturated carbocycles. The summed E-state index contributed by atoms with van der Waals surface area (Å²) in [7, 11) is 1.65. The number of amides is 1. The zero-order valence-corrected chi connectivity index (χ0v) is 12.2. The fraction of sp³-hybridized carbons (Fsp3) is 0.438. The highest BCUT2D eigenvalue weighted by Gasteiger charge is 2.29. The van der Waals surface area contributed by atoms with E-state index in [4.69, 9.17) is 5.73 Å². The zero-order chi connectivity index (χ0) is 15.2. The Morgan fingerprint density at radius 2 is 2.38 bits per heavy atom. The second-order valence-corrected chi connectivity index (χ2v) is 5.06. The number of likely N-dealkylation sites (N-methyl/N-ethyl adjacent to an activating group) is 1. The molecule has 1 aliphatic heterocycles. The van der Waals surface area contributed by atoms with Crippen LogP contribution in [0.4, 0.5) is 4.39 Å². The Morgan fingerprint density at radius 1 is 1.57 bits per heavy atom. The van der Waals surface area contributed by atoms with Gasteiger partial charge in [0.1, 0.15) is 5.82 Å². The number of nitrogens with one attached hydrogen (secondary N) is 1. The van der Waals surface area contributed by atoms with E-state index < -0.39 is 0 Å². The Balaban J connectivity index is 2.14. The van der Waals surface area contributed by atoms with Gasteiger partial charge in [0.25, 0.3) is 0 Å². The van der Waals surface area contributed by atoms with Gasteiger partial charge in [-0.3, -0.25) is 9.69 Å². The van der Waals surface area contributed by atoms with E-state index in [-0.39, 0.29) is 24.3 Å². The van der Waals surface area contributed by atoms with Crippen molar-refractivity contribution in [1.29, 1.82) is 0 Å². The van der Waals surface area contributed by atoms with Gasteiger partial charge in [-0.25, -0.2) is 4.39 Å². The molecular weight excluding hydrogens is 269 g/mol. The van der Waals surface area contributed by atoms with E-state index >= 15 is 0 Å². The first kappa shape index (κ1) is 15.5. The molecule has 1 saturated heterocycles. The summed E-state index contributed by atoms with van der Waals surface area (Å²) < 4.78 is 13.6. The molecule has 3 N–H and O–H groups in total. The monoisotopic (exact) mass is 289 g/mol. The number of carbonyl (C=O) groups is 1. The number of hydrogen-bond donors (Lipinski definition) is 2. The van der Waals surface area contributed by atoms with Crippen molar-refractivity contribution in [3.05, 3.63) is 35.1 Å². The topological polar surface area (TPSA) is 58.4 Å². The minimum Gasteiger partial charge on any atom is -0.358 e. The van der Waals surface area contributed by atoms with E-state index in [0.29, 0.717) is 12.1 Å². The number of hydrogen-bond acceptors (Lipinski definition) is 3. The van der Waals surface area contributed by atoms with Crippen LogP contribution in [0.1, 0.15) is 24.0 Å². The number of halogens is 1. The highest BCUT2D eigenvalue weighted by Crippen LogP contribution is 2.21. The maximum absolute atomic E-state index is 13.6. The van der Waals surface area contributed by atoms with Gasteiger partial charge >= 0.3 is 0 Å². The van der Waals surface area contributed by atoms with Crippen LogP contribution in [0.25, 0.3) is 0 Å². The number of rotatable bonds is 3. The lowest BCUT2D eigenvalue weighted by Gasteiger charge is -2.23. The van der Waals surface area contributed by atoms with Crippen LogP contribution in [0, 0.1) is 17.7 Å². The van der Waals surface area contributed by atoms with Crippen molar-refractivity contribution in [1.82, 2.24) is 10.2 Å². The van der Waals surface area contributed by atoms with Gasteiger partial charge in [0.05, 0.1) is 18.2 Å². The summed E-state index contributed by atoms with van der Waals surface area (Å²) in [5, 5.41) is 2.69. The average Bonchev–Trinajstić information content (AvgIpc) is 2.95. The van der Waals surface area contributed by atoms with E-state index in [9.17, 15) is 9.18 Å². The first-order valence-corrected chi connectivity index (χ1v) is 7.08. The largest absolute Gasteiger partial charge is 0.358 e. The third-order valence-electron chi connectivity index (χ3n) is 3.65. The second kappa shape index (κ2) is 7.21. The lowest BCUT2D eigenvalue weighted by molar-refractivity contribution is -0.125. The van der Waals surface area contributed by atoms with Crippen LogP contribution in [-0.4, -0.2) is 37.0 Å². The Kier molecular flexibility index (Phi) is 5.32. The molecule has 1 aromatic carbocycles. The molecule has 1 aliphatic rings. The van der Waals surface area contributed by atoms with Gasteiger partial charge in [0, 0.05) is 13.6 Å². The molecule has 1 amide bonds. The fourth-order valence-corrected chi connectivity index (χ4v) is 2.63. The molecule has 1 fully saturated rings. The van der Waals surface area contributed by atoms with Gasteiger partial charge in [-0.1, -0.05) is 17.9 Å². The molecule has 0 bridgehead atoms. The minimum atomic E-state index is -0.344. The number of benzene rings is 1. The van der Waals surface area contributed by atoms with Crippen LogP contribution in [0.3, 0.4) is 0 Å². The van der Waals surface area contributed by atoms with Crippen molar-refractivity contribution in [2.24, 2.45) is 5.73 Å². The van der Waals surface area contributed by atoms with Crippen LogP contribution in [0.15, 0.2) is 18.2 Å². The molecule has 5 heteroatoms. The molecule has 1 aromatic rings. The highest BCUT2D eigenvalue weighted by atomic mass is 19.1. The third-order valence-corrected chi connectivity index (χ3v) is 3.65. The molecule has 1 unspecified atom stereocenters. The molecule has 0 spiro atoms. The summed E-state index contributed by atoms with van der Waals surface area (Å²) in [6.07, 6.45) is 1.86. The van der Waals surface area contributed by atoms with Crippen LogP contribution in [-0.2, 0) is 11.3 Å². The maximum atomic E-state index is 13.6. The smallest absolute Gasteiger partial charge is 0.237 e. The van der Waals surface area contributed by atoms with Gasteiger partial charge in [-0.05, 0) is 37.1 Å². The molecule has 0 aliphatic carbocycles. The Bertz CT molecular complexity index is 577. The molecule has 1 heterocycles. The van der Waals surface area contributed by atoms with Crippen molar-refractivity contribution >= 4 is 5.91 Å². The van der Waals surface area contributed by atoms with E-state index in [1.807, 2.05) is 0 Å². The molecule has 2 rings (SSSR count). The van der Waals surface area contributed by atoms with Crippen LogP contribution in [0.5, 0.6) is 0 Å². The third kappa shape index (κ3) is 3.81. The van der Waals surface area contributed by atoms with Gasteiger partial charge < -0.3 is 11.1 Å². The van der Waals surface area contributed by atoms with Crippen molar-refractivity contribution in [3.63, 3.8) is 0 Å². The first-order chi connectivity index (χ1) is 10.2. The van der Waals surface area contributed by atoms with Gasteiger partial charge in [-0.2, -0.15) is 0 Å². The quantitative estimate of drug-likeness (QED) is 0.811. The van der Waals surface area contributed by atoms with Crippen molar-refractivity contribution in [3.8, 4) is 11.8 Å². The van der Waals surface area contributed by atoms with E-state index in [1.54, 1.807) is 19.2 Å². The number of carbonyl (C=O) groups excluding carboxylic acids is 1. The van der Waals surface area contributed by atoms with E-state index in [2.05, 4.69) is 22.1 Å². The summed E-state index contributed by atoms with van der Waals surface area (Å²) >= 11 is 0. The standard InChI is InChI=1S/C16H20FN3O/c1-19-16(21)15-5-3-9-20(15)11-12-6-7-14(17)13(10-12)4-2-8-18/h6-7,10,15H,3,5,8-9,11,18H2,1H3,(H,19,21). The van der Waals surface area contributed by atoms with Crippen molar-refractivity contribution in [2.45, 2.75) is 25.4 Å². The number of nitrogens with two attached hydrogens (primary N) is 1. The van der Waals surface area contributed by atoms with Gasteiger partial charge in [0.15, 0.2) is 0 Å². The van der Waals surface area contributed by atoms with E-state index in [0.717, 1.165) is 24.9 Å². The first-order valence-electron chi connectivity index (χ1n) is 7.08. The molecule has 1 atom stereocenters. The summed E-state index contributed by atoms with van der Waals surface area (Å²) in [6, 6.07) is 4.79. The predicted molar refractivity (Wildman–Crippen MR) is 79.8 cm³/mol. The Labute approximate surface area is 124 Å². The molecule has 0 aromatic heterocycles. The predicted octanol–water partition coefficient (Wildman–Crippen LogP) is 0.846. The van der Waals surface area contributed by atoms with Gasteiger partial charge in [0.2, 0.25) is 5.91 Å². The number of likely N-dealkylation sites (tertiary alicyclic amines) is 1. The molecular formula is C16H20FN3O. The van der Waals surface area contributed by atoms with E-state index in [1.165, 1.54) is 6.07 Å². The van der Waals surface area contributed by atoms with Crippen LogP contribution < -0.4 is 11.1 Å². The van der Waals surface area contributed by atoms with Crippen molar-refractivity contribution < 1.29 is 9.18 Å². The summed E-state index contributed by atoms with van der Waals surface area (Å²) in [6.45, 7) is 1.70. The highest BCUT2D eigenvalue weighted by molar-refractivity contribution is 5.81. The Hall–Kier alpha value is -1.90. The zero-order valence-electron chi connectivity index (χ0n) is 12.2. The average molecular weight is 289 g/mol. The summed E-state index contributed by atoms with van der Waals surface area (Å²) in [4.78, 5) is 13.9. The fourth-order valence-electron chi connectivity index (χ4n) is 2.63. The SMILES string of the molecule is CNC(=O)C1CCCN1Cc1ccc(F)c(C#CCN)c1. The molecule has 0 radical (unpaired) electrons. The normalized spacial score (nSPS) is 18.1. The number of nitrogens with zero attached hydrogens (tertiary/aromatic N) is 1. The Morgan fingerprint density at radius 3 is 3.10 bits per heavy atom. The lowest BCUT2D eigenvalue weighted by atomic mass is 10.1.